The van der Waals surface area contributed by atoms with Crippen molar-refractivity contribution in [1.82, 2.24) is 10.2 Å². The molecule has 1 amide bonds. The molecule has 0 saturated carbocycles. The molecule has 0 radical (unpaired) electrons. The maximum absolute atomic E-state index is 11.7. The van der Waals surface area contributed by atoms with Crippen LogP contribution in [-0.4, -0.2) is 47.2 Å². The lowest BCUT2D eigenvalue weighted by Gasteiger charge is -2.19. The van der Waals surface area contributed by atoms with E-state index in [1.807, 2.05) is 18.7 Å². The molecule has 2 unspecified atom stereocenters. The van der Waals surface area contributed by atoms with Gasteiger partial charge < -0.3 is 10.4 Å². The molecule has 2 N–H and O–H groups in total. The summed E-state index contributed by atoms with van der Waals surface area (Å²) in [6, 6.07) is 0.251. The van der Waals surface area contributed by atoms with Crippen molar-refractivity contribution in [2.24, 2.45) is 0 Å². The summed E-state index contributed by atoms with van der Waals surface area (Å²) in [7, 11) is 0. The molecule has 1 heterocycles. The number of carbonyl (C=O) groups excluding carboxylic acids is 1. The first-order valence-corrected chi connectivity index (χ1v) is 6.17. The second-order valence-corrected chi connectivity index (χ2v) is 5.21. The summed E-state index contributed by atoms with van der Waals surface area (Å²) in [4.78, 5) is 13.7. The fourth-order valence-electron chi connectivity index (χ4n) is 2.20. The lowest BCUT2D eigenvalue weighted by atomic mass is 10.1. The Morgan fingerprint density at radius 1 is 1.62 bits per heavy atom. The number of nitrogens with zero attached hydrogens (tertiary/aromatic N) is 1. The van der Waals surface area contributed by atoms with Crippen LogP contribution in [0.15, 0.2) is 0 Å². The van der Waals surface area contributed by atoms with Gasteiger partial charge in [-0.3, -0.25) is 9.69 Å². The zero-order valence-corrected chi connectivity index (χ0v) is 10.6. The van der Waals surface area contributed by atoms with Crippen molar-refractivity contribution < 1.29 is 9.90 Å². The van der Waals surface area contributed by atoms with Gasteiger partial charge in [-0.05, 0) is 26.7 Å². The van der Waals surface area contributed by atoms with Crippen molar-refractivity contribution in [2.75, 3.05) is 19.6 Å². The minimum Gasteiger partial charge on any atom is -0.389 e. The van der Waals surface area contributed by atoms with E-state index in [2.05, 4.69) is 12.2 Å². The molecule has 4 heteroatoms. The monoisotopic (exact) mass is 228 g/mol. The number of likely N-dealkylation sites (tertiary alicyclic amines) is 1. The first-order chi connectivity index (χ1) is 7.43. The minimum atomic E-state index is -0.616. The fraction of sp³-hybridized carbons (Fsp3) is 0.917. The molecule has 1 saturated heterocycles. The van der Waals surface area contributed by atoms with Gasteiger partial charge in [0.15, 0.2) is 0 Å². The SMILES string of the molecule is CCCC(C)NC(=O)CN1CCC(C)(O)C1. The number of hydrogen-bond donors (Lipinski definition) is 2. The van der Waals surface area contributed by atoms with Crippen LogP contribution in [0.2, 0.25) is 0 Å². The molecule has 0 aromatic heterocycles. The first kappa shape index (κ1) is 13.5. The molecule has 0 aromatic carbocycles. The number of carbonyl (C=O) groups is 1. The van der Waals surface area contributed by atoms with E-state index in [0.29, 0.717) is 13.1 Å². The zero-order chi connectivity index (χ0) is 12.2. The van der Waals surface area contributed by atoms with Gasteiger partial charge in [-0.1, -0.05) is 13.3 Å². The average Bonchev–Trinajstić information content (AvgIpc) is 2.45. The Morgan fingerprint density at radius 3 is 2.81 bits per heavy atom. The Morgan fingerprint density at radius 2 is 2.31 bits per heavy atom. The maximum Gasteiger partial charge on any atom is 0.234 e. The number of rotatable bonds is 5. The van der Waals surface area contributed by atoms with Crippen LogP contribution in [0, 0.1) is 0 Å². The fourth-order valence-corrected chi connectivity index (χ4v) is 2.20. The maximum atomic E-state index is 11.7. The van der Waals surface area contributed by atoms with Gasteiger partial charge in [-0.15, -0.1) is 0 Å². The highest BCUT2D eigenvalue weighted by Gasteiger charge is 2.32. The van der Waals surface area contributed by atoms with Crippen molar-refractivity contribution in [3.63, 3.8) is 0 Å². The molecular weight excluding hydrogens is 204 g/mol. The number of β-amino-alcohol motifs (C(OH)–C–C–N with tert-alkyl or cyclic N) is 1. The van der Waals surface area contributed by atoms with Crippen LogP contribution in [0.3, 0.4) is 0 Å². The van der Waals surface area contributed by atoms with Crippen LogP contribution in [-0.2, 0) is 4.79 Å². The molecule has 1 aliphatic rings. The second kappa shape index (κ2) is 5.64. The Balaban J connectivity index is 2.25. The molecule has 4 nitrogen and oxygen atoms in total. The van der Waals surface area contributed by atoms with E-state index in [1.165, 1.54) is 0 Å². The third kappa shape index (κ3) is 4.49. The van der Waals surface area contributed by atoms with E-state index < -0.39 is 5.60 Å². The summed E-state index contributed by atoms with van der Waals surface area (Å²) in [5.41, 5.74) is -0.616. The van der Waals surface area contributed by atoms with Crippen molar-refractivity contribution in [3.8, 4) is 0 Å². The summed E-state index contributed by atoms with van der Waals surface area (Å²) in [6.07, 6.45) is 2.86. The average molecular weight is 228 g/mol. The van der Waals surface area contributed by atoms with Crippen molar-refractivity contribution in [2.45, 2.75) is 51.7 Å². The minimum absolute atomic E-state index is 0.0682. The quantitative estimate of drug-likeness (QED) is 0.730. The lowest BCUT2D eigenvalue weighted by molar-refractivity contribution is -0.122. The van der Waals surface area contributed by atoms with E-state index in [1.54, 1.807) is 0 Å². The Labute approximate surface area is 98.0 Å². The van der Waals surface area contributed by atoms with E-state index in [-0.39, 0.29) is 11.9 Å². The number of aliphatic hydroxyl groups is 1. The molecule has 1 aliphatic heterocycles. The zero-order valence-electron chi connectivity index (χ0n) is 10.6. The summed E-state index contributed by atoms with van der Waals surface area (Å²) in [5, 5.41) is 12.7. The van der Waals surface area contributed by atoms with E-state index in [9.17, 15) is 9.90 Å². The normalized spacial score (nSPS) is 28.0. The van der Waals surface area contributed by atoms with Crippen LogP contribution < -0.4 is 5.32 Å². The largest absolute Gasteiger partial charge is 0.389 e. The predicted octanol–water partition coefficient (Wildman–Crippen LogP) is 0.748. The molecule has 1 rings (SSSR count). The second-order valence-electron chi connectivity index (χ2n) is 5.21. The highest BCUT2D eigenvalue weighted by atomic mass is 16.3. The molecule has 16 heavy (non-hydrogen) atoms. The number of amides is 1. The van der Waals surface area contributed by atoms with Crippen molar-refractivity contribution in [3.05, 3.63) is 0 Å². The standard InChI is InChI=1S/C12H24N2O2/c1-4-5-10(2)13-11(15)8-14-7-6-12(3,16)9-14/h10,16H,4-9H2,1-3H3,(H,13,15). The molecule has 0 aliphatic carbocycles. The van der Waals surface area contributed by atoms with Gasteiger partial charge in [0, 0.05) is 19.1 Å². The van der Waals surface area contributed by atoms with Gasteiger partial charge in [-0.2, -0.15) is 0 Å². The van der Waals surface area contributed by atoms with Crippen molar-refractivity contribution >= 4 is 5.91 Å². The van der Waals surface area contributed by atoms with Gasteiger partial charge in [0.05, 0.1) is 12.1 Å². The predicted molar refractivity (Wildman–Crippen MR) is 64.2 cm³/mol. The summed E-state index contributed by atoms with van der Waals surface area (Å²) in [6.45, 7) is 7.78. The third-order valence-corrected chi connectivity index (χ3v) is 3.03. The molecule has 0 bridgehead atoms. The number of nitrogens with one attached hydrogen (secondary N) is 1. The van der Waals surface area contributed by atoms with E-state index in [0.717, 1.165) is 25.8 Å². The summed E-state index contributed by atoms with van der Waals surface area (Å²) < 4.78 is 0. The van der Waals surface area contributed by atoms with Crippen LogP contribution in [0.4, 0.5) is 0 Å². The summed E-state index contributed by atoms with van der Waals surface area (Å²) in [5.74, 6) is 0.0682. The van der Waals surface area contributed by atoms with Gasteiger partial charge in [0.1, 0.15) is 0 Å². The number of hydrogen-bond acceptors (Lipinski definition) is 3. The highest BCUT2D eigenvalue weighted by molar-refractivity contribution is 5.78. The van der Waals surface area contributed by atoms with Gasteiger partial charge in [0.2, 0.25) is 5.91 Å². The van der Waals surface area contributed by atoms with Crippen LogP contribution in [0.5, 0.6) is 0 Å². The Hall–Kier alpha value is -0.610. The van der Waals surface area contributed by atoms with Gasteiger partial charge in [-0.25, -0.2) is 0 Å². The molecule has 0 spiro atoms. The first-order valence-electron chi connectivity index (χ1n) is 6.17. The van der Waals surface area contributed by atoms with E-state index in [4.69, 9.17) is 0 Å². The van der Waals surface area contributed by atoms with Crippen LogP contribution >= 0.6 is 0 Å². The molecule has 2 atom stereocenters. The van der Waals surface area contributed by atoms with E-state index >= 15 is 0 Å². The Kier molecular flexibility index (Phi) is 4.74. The molecular formula is C12H24N2O2. The lowest BCUT2D eigenvalue weighted by Crippen LogP contribution is -2.41. The smallest absolute Gasteiger partial charge is 0.234 e. The Bertz CT molecular complexity index is 241. The molecule has 0 aromatic rings. The van der Waals surface area contributed by atoms with Gasteiger partial charge >= 0.3 is 0 Å². The topological polar surface area (TPSA) is 52.6 Å². The molecule has 1 fully saturated rings. The third-order valence-electron chi connectivity index (χ3n) is 3.03. The van der Waals surface area contributed by atoms with Crippen LogP contribution in [0.25, 0.3) is 0 Å². The van der Waals surface area contributed by atoms with Gasteiger partial charge in [0.25, 0.3) is 0 Å². The van der Waals surface area contributed by atoms with Crippen LogP contribution in [0.1, 0.15) is 40.0 Å². The molecule has 94 valence electrons. The van der Waals surface area contributed by atoms with Crippen molar-refractivity contribution in [1.29, 1.82) is 0 Å². The highest BCUT2D eigenvalue weighted by Crippen LogP contribution is 2.19. The summed E-state index contributed by atoms with van der Waals surface area (Å²) >= 11 is 0.